The van der Waals surface area contributed by atoms with Gasteiger partial charge in [0.05, 0.1) is 19.1 Å². The number of hydrogen-bond acceptors (Lipinski definition) is 6. The highest BCUT2D eigenvalue weighted by Crippen LogP contribution is 2.22. The van der Waals surface area contributed by atoms with Gasteiger partial charge in [-0.05, 0) is 84.0 Å². The summed E-state index contributed by atoms with van der Waals surface area (Å²) in [7, 11) is 0. The number of halogens is 1. The van der Waals surface area contributed by atoms with Gasteiger partial charge in [-0.1, -0.05) is 66.2 Å². The van der Waals surface area contributed by atoms with Crippen molar-refractivity contribution >= 4 is 23.4 Å². The topological polar surface area (TPSA) is 136 Å². The normalized spacial score (nSPS) is 12.4. The Kier molecular flexibility index (Phi) is 12.1. The predicted octanol–water partition coefficient (Wildman–Crippen LogP) is 4.71. The average Bonchev–Trinajstić information content (AvgIpc) is 3.03. The second-order valence-corrected chi connectivity index (χ2v) is 11.8. The van der Waals surface area contributed by atoms with E-state index >= 15 is 0 Å². The summed E-state index contributed by atoms with van der Waals surface area (Å²) in [5.74, 6) is -0.506. The van der Waals surface area contributed by atoms with E-state index in [-0.39, 0.29) is 30.7 Å². The maximum atomic E-state index is 13.6. The Labute approximate surface area is 269 Å². The lowest BCUT2D eigenvalue weighted by molar-refractivity contribution is -0.131. The molecule has 236 valence electrons. The molecule has 2 atom stereocenters. The van der Waals surface area contributed by atoms with Gasteiger partial charge < -0.3 is 31.3 Å². The number of nitrogens with zero attached hydrogens (tertiary/aromatic N) is 1. The second kappa shape index (κ2) is 16.2. The van der Waals surface area contributed by atoms with E-state index in [9.17, 15) is 24.9 Å². The molecule has 0 unspecified atom stereocenters. The van der Waals surface area contributed by atoms with E-state index in [2.05, 4.69) is 5.32 Å². The fourth-order valence-electron chi connectivity index (χ4n) is 5.15. The van der Waals surface area contributed by atoms with Crippen LogP contribution < -0.4 is 11.1 Å². The minimum Gasteiger partial charge on any atom is -0.508 e. The number of amides is 2. The van der Waals surface area contributed by atoms with Crippen molar-refractivity contribution in [3.63, 3.8) is 0 Å². The minimum atomic E-state index is -0.798. The molecule has 0 fully saturated rings. The van der Waals surface area contributed by atoms with Crippen molar-refractivity contribution in [2.75, 3.05) is 13.1 Å². The molecule has 0 heterocycles. The second-order valence-electron chi connectivity index (χ2n) is 11.3. The molecule has 0 bridgehead atoms. The first kappa shape index (κ1) is 33.7. The molecule has 0 aromatic heterocycles. The van der Waals surface area contributed by atoms with Crippen LogP contribution in [-0.2, 0) is 37.2 Å². The number of nitrogens with two attached hydrogens (primary N) is 1. The first-order valence-corrected chi connectivity index (χ1v) is 15.3. The van der Waals surface area contributed by atoms with Crippen molar-refractivity contribution in [3.8, 4) is 5.75 Å². The molecular weight excluding hydrogens is 590 g/mol. The van der Waals surface area contributed by atoms with Crippen molar-refractivity contribution in [1.29, 1.82) is 0 Å². The Hall–Kier alpha value is -4.21. The van der Waals surface area contributed by atoms with Crippen molar-refractivity contribution in [2.24, 2.45) is 5.73 Å². The quantitative estimate of drug-likeness (QED) is 0.129. The van der Waals surface area contributed by atoms with E-state index in [4.69, 9.17) is 17.3 Å². The van der Waals surface area contributed by atoms with Gasteiger partial charge in [-0.2, -0.15) is 0 Å². The highest BCUT2D eigenvalue weighted by molar-refractivity contribution is 6.30. The molecular formula is C36H40ClN3O5. The number of primary amides is 1. The lowest BCUT2D eigenvalue weighted by Gasteiger charge is -2.24. The molecule has 4 aromatic carbocycles. The van der Waals surface area contributed by atoms with Crippen LogP contribution >= 0.6 is 11.6 Å². The van der Waals surface area contributed by atoms with E-state index in [1.54, 1.807) is 24.3 Å². The molecule has 0 aliphatic carbocycles. The summed E-state index contributed by atoms with van der Waals surface area (Å²) in [6, 6.07) is 27.3. The van der Waals surface area contributed by atoms with Crippen LogP contribution in [0.2, 0.25) is 5.02 Å². The molecule has 0 aliphatic heterocycles. The number of rotatable bonds is 15. The zero-order chi connectivity index (χ0) is 32.3. The van der Waals surface area contributed by atoms with Crippen LogP contribution in [0, 0.1) is 0 Å². The molecule has 0 aliphatic rings. The lowest BCUT2D eigenvalue weighted by atomic mass is 10.0. The van der Waals surface area contributed by atoms with Crippen molar-refractivity contribution in [3.05, 3.63) is 135 Å². The molecule has 6 N–H and O–H groups in total. The molecule has 0 saturated carbocycles. The van der Waals surface area contributed by atoms with Gasteiger partial charge in [-0.15, -0.1) is 0 Å². The van der Waals surface area contributed by atoms with E-state index in [0.717, 1.165) is 22.3 Å². The standard InChI is InChI=1S/C36H40ClN3O5/c1-24(39-21-34(43)30-11-14-33(42)31(20-30)23-41)17-27-3-2-4-28(18-27)19-35(44)40(16-15-25-7-12-32(37)13-8-25)22-26-5-9-29(10-6-26)36(38)45/h2-14,18,20,24,34,39,41-43H,15-17,19,21-23H2,1H3,(H2,38,45)/t24-,34+/m1/s1. The zero-order valence-electron chi connectivity index (χ0n) is 25.3. The van der Waals surface area contributed by atoms with Gasteiger partial charge in [0.15, 0.2) is 0 Å². The molecule has 0 saturated heterocycles. The highest BCUT2D eigenvalue weighted by atomic mass is 35.5. The third kappa shape index (κ3) is 10.2. The lowest BCUT2D eigenvalue weighted by Crippen LogP contribution is -2.34. The van der Waals surface area contributed by atoms with Gasteiger partial charge in [-0.25, -0.2) is 0 Å². The number of carbonyl (C=O) groups excluding carboxylic acids is 2. The number of nitrogens with one attached hydrogen (secondary N) is 1. The first-order chi connectivity index (χ1) is 21.6. The van der Waals surface area contributed by atoms with E-state index in [0.29, 0.717) is 54.2 Å². The number of benzene rings is 4. The van der Waals surface area contributed by atoms with E-state index < -0.39 is 12.0 Å². The number of aliphatic hydroxyl groups is 2. The molecule has 2 amide bonds. The molecule has 0 radical (unpaired) electrons. The Bertz CT molecular complexity index is 1580. The van der Waals surface area contributed by atoms with Gasteiger partial charge in [0, 0.05) is 41.8 Å². The van der Waals surface area contributed by atoms with Gasteiger partial charge in [0.1, 0.15) is 5.75 Å². The van der Waals surface area contributed by atoms with Crippen LogP contribution in [0.3, 0.4) is 0 Å². The number of hydrogen-bond donors (Lipinski definition) is 5. The summed E-state index contributed by atoms with van der Waals surface area (Å²) < 4.78 is 0. The maximum Gasteiger partial charge on any atom is 0.248 e. The summed E-state index contributed by atoms with van der Waals surface area (Å²) in [6.07, 6.45) is 0.803. The minimum absolute atomic E-state index is 0.00308. The predicted molar refractivity (Wildman–Crippen MR) is 176 cm³/mol. The van der Waals surface area contributed by atoms with Crippen molar-refractivity contribution in [2.45, 2.75) is 51.5 Å². The largest absolute Gasteiger partial charge is 0.508 e. The fourth-order valence-corrected chi connectivity index (χ4v) is 5.28. The fraction of sp³-hybridized carbons (Fsp3) is 0.278. The van der Waals surface area contributed by atoms with Crippen LogP contribution in [0.4, 0.5) is 0 Å². The molecule has 8 nitrogen and oxygen atoms in total. The van der Waals surface area contributed by atoms with Crippen molar-refractivity contribution < 1.29 is 24.9 Å². The summed E-state index contributed by atoms with van der Waals surface area (Å²) in [6.45, 7) is 2.94. The highest BCUT2D eigenvalue weighted by Gasteiger charge is 2.17. The molecule has 4 aromatic rings. The monoisotopic (exact) mass is 629 g/mol. The number of aliphatic hydroxyl groups excluding tert-OH is 2. The zero-order valence-corrected chi connectivity index (χ0v) is 26.1. The van der Waals surface area contributed by atoms with Crippen LogP contribution in [0.5, 0.6) is 5.75 Å². The molecule has 4 rings (SSSR count). The van der Waals surface area contributed by atoms with Gasteiger partial charge in [-0.3, -0.25) is 9.59 Å². The maximum absolute atomic E-state index is 13.6. The Morgan fingerprint density at radius 2 is 1.60 bits per heavy atom. The number of carbonyl (C=O) groups is 2. The molecule has 45 heavy (non-hydrogen) atoms. The first-order valence-electron chi connectivity index (χ1n) is 14.9. The number of phenols is 1. The van der Waals surface area contributed by atoms with Crippen LogP contribution in [-0.4, -0.2) is 51.2 Å². The van der Waals surface area contributed by atoms with Gasteiger partial charge in [0.25, 0.3) is 0 Å². The van der Waals surface area contributed by atoms with Crippen LogP contribution in [0.1, 0.15) is 56.8 Å². The van der Waals surface area contributed by atoms with Gasteiger partial charge >= 0.3 is 0 Å². The summed E-state index contributed by atoms with van der Waals surface area (Å²) in [5.41, 5.74) is 10.7. The van der Waals surface area contributed by atoms with E-state index in [1.807, 2.05) is 72.5 Å². The number of aromatic hydroxyl groups is 1. The summed E-state index contributed by atoms with van der Waals surface area (Å²) in [5, 5.41) is 33.8. The van der Waals surface area contributed by atoms with Crippen LogP contribution in [0.15, 0.2) is 91.0 Å². The smallest absolute Gasteiger partial charge is 0.248 e. The Morgan fingerprint density at radius 3 is 2.29 bits per heavy atom. The van der Waals surface area contributed by atoms with E-state index in [1.165, 1.54) is 6.07 Å². The third-order valence-corrected chi connectivity index (χ3v) is 8.01. The Balaban J connectivity index is 1.38. The molecule has 0 spiro atoms. The molecule has 9 heteroatoms. The third-order valence-electron chi connectivity index (χ3n) is 7.76. The SMILES string of the molecule is C[C@H](Cc1cccc(CC(=O)N(CCc2ccc(Cl)cc2)Cc2ccc(C(N)=O)cc2)c1)NC[C@H](O)c1ccc(O)c(CO)c1. The Morgan fingerprint density at radius 1 is 0.911 bits per heavy atom. The van der Waals surface area contributed by atoms with Crippen molar-refractivity contribution in [1.82, 2.24) is 10.2 Å². The van der Waals surface area contributed by atoms with Crippen LogP contribution in [0.25, 0.3) is 0 Å². The summed E-state index contributed by atoms with van der Waals surface area (Å²) >= 11 is 6.05. The van der Waals surface area contributed by atoms with Gasteiger partial charge in [0.2, 0.25) is 11.8 Å². The summed E-state index contributed by atoms with van der Waals surface area (Å²) in [4.78, 5) is 27.0. The average molecular weight is 630 g/mol.